The maximum absolute atomic E-state index is 12.1. The van der Waals surface area contributed by atoms with Gasteiger partial charge in [-0.25, -0.2) is 0 Å². The number of hydrogen-bond acceptors (Lipinski definition) is 3. The van der Waals surface area contributed by atoms with Gasteiger partial charge in [0.15, 0.2) is 0 Å². The number of carbonyl (C=O) groups is 2. The normalized spacial score (nSPS) is 11.5. The summed E-state index contributed by atoms with van der Waals surface area (Å²) in [5, 5.41) is 2.78. The summed E-state index contributed by atoms with van der Waals surface area (Å²) in [5.74, 6) is -0.196. The summed E-state index contributed by atoms with van der Waals surface area (Å²) in [5.41, 5.74) is 1.16. The van der Waals surface area contributed by atoms with Crippen LogP contribution in [0.4, 0.5) is 5.69 Å². The maximum Gasteiger partial charge on any atom is 0.314 e. The molecule has 0 radical (unpaired) electrons. The van der Waals surface area contributed by atoms with Crippen molar-refractivity contribution in [3.63, 3.8) is 0 Å². The Kier molecular flexibility index (Phi) is 5.31. The third kappa shape index (κ3) is 4.19. The molecule has 114 valence electrons. The Balaban J connectivity index is 2.06. The lowest BCUT2D eigenvalue weighted by Crippen LogP contribution is -2.17. The molecule has 0 heterocycles. The van der Waals surface area contributed by atoms with E-state index in [2.05, 4.69) is 5.32 Å². The summed E-state index contributed by atoms with van der Waals surface area (Å²) in [4.78, 5) is 23.9. The molecule has 0 aromatic heterocycles. The van der Waals surface area contributed by atoms with E-state index in [-0.39, 0.29) is 17.8 Å². The molecule has 0 bridgehead atoms. The number of anilines is 1. The summed E-state index contributed by atoms with van der Waals surface area (Å²) in [7, 11) is 0. The van der Waals surface area contributed by atoms with Crippen LogP contribution in [0.3, 0.4) is 0 Å². The first-order valence-electron chi connectivity index (χ1n) is 7.28. The molecule has 0 aliphatic heterocycles. The molecule has 1 unspecified atom stereocenters. The van der Waals surface area contributed by atoms with Crippen LogP contribution in [0, 0.1) is 5.92 Å². The lowest BCUT2D eigenvalue weighted by atomic mass is 10.1. The second-order valence-corrected chi connectivity index (χ2v) is 5.08. The standard InChI is InChI=1S/C18H19NO3/c1-3-13(2)18(21)22-16-11-7-10-15(12-16)19-17(20)14-8-5-4-6-9-14/h4-13H,3H2,1-2H3,(H,19,20). The van der Waals surface area contributed by atoms with E-state index in [0.717, 1.165) is 6.42 Å². The summed E-state index contributed by atoms with van der Waals surface area (Å²) in [6, 6.07) is 15.8. The number of esters is 1. The van der Waals surface area contributed by atoms with Crippen LogP contribution in [0.5, 0.6) is 5.75 Å². The SMILES string of the molecule is CCC(C)C(=O)Oc1cccc(NC(=O)c2ccccc2)c1. The van der Waals surface area contributed by atoms with Gasteiger partial charge in [0, 0.05) is 17.3 Å². The van der Waals surface area contributed by atoms with Gasteiger partial charge >= 0.3 is 5.97 Å². The van der Waals surface area contributed by atoms with Crippen LogP contribution < -0.4 is 10.1 Å². The van der Waals surface area contributed by atoms with Crippen LogP contribution in [0.15, 0.2) is 54.6 Å². The average Bonchev–Trinajstić information content (AvgIpc) is 2.55. The van der Waals surface area contributed by atoms with Crippen molar-refractivity contribution in [2.24, 2.45) is 5.92 Å². The monoisotopic (exact) mass is 297 g/mol. The maximum atomic E-state index is 12.1. The quantitative estimate of drug-likeness (QED) is 0.673. The highest BCUT2D eigenvalue weighted by Gasteiger charge is 2.13. The Bertz CT molecular complexity index is 652. The summed E-state index contributed by atoms with van der Waals surface area (Å²) in [6.07, 6.45) is 0.725. The number of nitrogens with one attached hydrogen (secondary N) is 1. The molecule has 0 aliphatic carbocycles. The van der Waals surface area contributed by atoms with Crippen LogP contribution in [-0.4, -0.2) is 11.9 Å². The van der Waals surface area contributed by atoms with Crippen molar-refractivity contribution in [1.29, 1.82) is 0 Å². The van der Waals surface area contributed by atoms with Gasteiger partial charge in [-0.2, -0.15) is 0 Å². The van der Waals surface area contributed by atoms with Gasteiger partial charge < -0.3 is 10.1 Å². The Hall–Kier alpha value is -2.62. The Morgan fingerprint density at radius 2 is 1.82 bits per heavy atom. The fourth-order valence-corrected chi connectivity index (χ4v) is 1.81. The molecule has 1 N–H and O–H groups in total. The number of ether oxygens (including phenoxy) is 1. The van der Waals surface area contributed by atoms with Crippen LogP contribution in [-0.2, 0) is 4.79 Å². The van der Waals surface area contributed by atoms with Gasteiger partial charge in [0.2, 0.25) is 0 Å². The van der Waals surface area contributed by atoms with Crippen molar-refractivity contribution in [1.82, 2.24) is 0 Å². The fraction of sp³-hybridized carbons (Fsp3) is 0.222. The minimum absolute atomic E-state index is 0.150. The highest BCUT2D eigenvalue weighted by atomic mass is 16.5. The van der Waals surface area contributed by atoms with Gasteiger partial charge in [0.25, 0.3) is 5.91 Å². The summed E-state index contributed by atoms with van der Waals surface area (Å²) < 4.78 is 5.30. The molecule has 0 spiro atoms. The molecule has 0 fully saturated rings. The predicted molar refractivity (Wildman–Crippen MR) is 85.9 cm³/mol. The molecule has 22 heavy (non-hydrogen) atoms. The summed E-state index contributed by atoms with van der Waals surface area (Å²) >= 11 is 0. The van der Waals surface area contributed by atoms with Crippen molar-refractivity contribution in [3.8, 4) is 5.75 Å². The molecule has 2 rings (SSSR count). The van der Waals surface area contributed by atoms with E-state index in [0.29, 0.717) is 17.0 Å². The van der Waals surface area contributed by atoms with Crippen molar-refractivity contribution in [2.75, 3.05) is 5.32 Å². The van der Waals surface area contributed by atoms with Gasteiger partial charge in [-0.05, 0) is 30.7 Å². The zero-order valence-corrected chi connectivity index (χ0v) is 12.7. The van der Waals surface area contributed by atoms with Gasteiger partial charge in [-0.15, -0.1) is 0 Å². The minimum atomic E-state index is -0.269. The van der Waals surface area contributed by atoms with E-state index < -0.39 is 0 Å². The highest BCUT2D eigenvalue weighted by Crippen LogP contribution is 2.19. The van der Waals surface area contributed by atoms with Crippen LogP contribution in [0.2, 0.25) is 0 Å². The highest BCUT2D eigenvalue weighted by molar-refractivity contribution is 6.04. The third-order valence-electron chi connectivity index (χ3n) is 3.36. The molecule has 0 aliphatic rings. The second-order valence-electron chi connectivity index (χ2n) is 5.08. The topological polar surface area (TPSA) is 55.4 Å². The molecule has 0 saturated carbocycles. The number of carbonyl (C=O) groups excluding carboxylic acids is 2. The van der Waals surface area contributed by atoms with E-state index in [1.165, 1.54) is 0 Å². The lowest BCUT2D eigenvalue weighted by molar-refractivity contribution is -0.138. The third-order valence-corrected chi connectivity index (χ3v) is 3.36. The number of benzene rings is 2. The Morgan fingerprint density at radius 1 is 1.09 bits per heavy atom. The van der Waals surface area contributed by atoms with Gasteiger partial charge in [0.1, 0.15) is 5.75 Å². The second kappa shape index (κ2) is 7.41. The first kappa shape index (κ1) is 15.8. The van der Waals surface area contributed by atoms with E-state index in [4.69, 9.17) is 4.74 Å². The Labute approximate surface area is 130 Å². The first-order valence-corrected chi connectivity index (χ1v) is 7.28. The minimum Gasteiger partial charge on any atom is -0.426 e. The zero-order chi connectivity index (χ0) is 15.9. The number of rotatable bonds is 5. The van der Waals surface area contributed by atoms with E-state index in [1.807, 2.05) is 19.9 Å². The molecule has 2 aromatic carbocycles. The van der Waals surface area contributed by atoms with Gasteiger partial charge in [0.05, 0.1) is 5.92 Å². The van der Waals surface area contributed by atoms with Gasteiger partial charge in [-0.1, -0.05) is 38.1 Å². The van der Waals surface area contributed by atoms with Crippen molar-refractivity contribution in [2.45, 2.75) is 20.3 Å². The zero-order valence-electron chi connectivity index (χ0n) is 12.7. The molecule has 0 saturated heterocycles. The molecule has 1 atom stereocenters. The molecule has 4 nitrogen and oxygen atoms in total. The van der Waals surface area contributed by atoms with E-state index in [9.17, 15) is 9.59 Å². The molecule has 4 heteroatoms. The van der Waals surface area contributed by atoms with Crippen molar-refractivity contribution in [3.05, 3.63) is 60.2 Å². The average molecular weight is 297 g/mol. The van der Waals surface area contributed by atoms with Crippen molar-refractivity contribution >= 4 is 17.6 Å². The van der Waals surface area contributed by atoms with Crippen LogP contribution >= 0.6 is 0 Å². The van der Waals surface area contributed by atoms with Crippen LogP contribution in [0.25, 0.3) is 0 Å². The summed E-state index contributed by atoms with van der Waals surface area (Å²) in [6.45, 7) is 3.76. The smallest absolute Gasteiger partial charge is 0.314 e. The van der Waals surface area contributed by atoms with Gasteiger partial charge in [-0.3, -0.25) is 9.59 Å². The number of hydrogen-bond donors (Lipinski definition) is 1. The van der Waals surface area contributed by atoms with Crippen molar-refractivity contribution < 1.29 is 14.3 Å². The molecular weight excluding hydrogens is 278 g/mol. The van der Waals surface area contributed by atoms with Crippen LogP contribution in [0.1, 0.15) is 30.6 Å². The first-order chi connectivity index (χ1) is 10.6. The molecule has 1 amide bonds. The Morgan fingerprint density at radius 3 is 2.50 bits per heavy atom. The lowest BCUT2D eigenvalue weighted by Gasteiger charge is -2.10. The van der Waals surface area contributed by atoms with E-state index >= 15 is 0 Å². The predicted octanol–water partition coefficient (Wildman–Crippen LogP) is 3.89. The van der Waals surface area contributed by atoms with E-state index in [1.54, 1.807) is 48.5 Å². The largest absolute Gasteiger partial charge is 0.426 e. The molecule has 2 aromatic rings. The molecular formula is C18H19NO3. The fourth-order valence-electron chi connectivity index (χ4n) is 1.81. The number of amides is 1.